The third-order valence-electron chi connectivity index (χ3n) is 7.32. The maximum absolute atomic E-state index is 13.5. The second-order valence-electron chi connectivity index (χ2n) is 8.74. The van der Waals surface area contributed by atoms with Gasteiger partial charge in [0.05, 0.1) is 5.41 Å². The number of carbonyl (C=O) groups excluding carboxylic acids is 2. The Morgan fingerprint density at radius 2 is 1.76 bits per heavy atom. The minimum absolute atomic E-state index is 0.0408. The molecule has 0 aromatic rings. The molecule has 5 fully saturated rings. The van der Waals surface area contributed by atoms with Crippen LogP contribution >= 0.6 is 0 Å². The molecule has 25 heavy (non-hydrogen) atoms. The van der Waals surface area contributed by atoms with E-state index in [9.17, 15) is 19.5 Å². The zero-order chi connectivity index (χ0) is 17.8. The molecule has 5 rings (SSSR count). The van der Waals surface area contributed by atoms with Gasteiger partial charge in [-0.05, 0) is 69.1 Å². The molecule has 1 aliphatic heterocycles. The van der Waals surface area contributed by atoms with Crippen LogP contribution in [0.2, 0.25) is 0 Å². The molecule has 6 nitrogen and oxygen atoms in total. The van der Waals surface area contributed by atoms with Crippen LogP contribution in [0.3, 0.4) is 0 Å². The molecule has 138 valence electrons. The second kappa shape index (κ2) is 5.99. The Morgan fingerprint density at radius 3 is 2.36 bits per heavy atom. The third-order valence-corrected chi connectivity index (χ3v) is 7.32. The molecule has 3 unspecified atom stereocenters. The molecule has 6 heteroatoms. The van der Waals surface area contributed by atoms with E-state index < -0.39 is 17.4 Å². The van der Waals surface area contributed by atoms with E-state index >= 15 is 0 Å². The molecule has 0 aromatic heterocycles. The summed E-state index contributed by atoms with van der Waals surface area (Å²) in [5.41, 5.74) is -0.411. The van der Waals surface area contributed by atoms with E-state index in [0.29, 0.717) is 18.9 Å². The zero-order valence-electron chi connectivity index (χ0n) is 14.9. The number of hydrogen-bond donors (Lipinski definition) is 2. The average molecular weight is 348 g/mol. The molecule has 4 saturated carbocycles. The Bertz CT molecular complexity index is 588. The van der Waals surface area contributed by atoms with E-state index in [1.165, 1.54) is 0 Å². The first-order valence-electron chi connectivity index (χ1n) is 9.70. The van der Waals surface area contributed by atoms with Crippen LogP contribution in [0.4, 0.5) is 0 Å². The Balaban J connectivity index is 1.59. The predicted molar refractivity (Wildman–Crippen MR) is 90.5 cm³/mol. The minimum Gasteiger partial charge on any atom is -0.480 e. The number of carboxylic acids is 1. The molecule has 5 aliphatic rings. The lowest BCUT2D eigenvalue weighted by Crippen LogP contribution is -2.61. The normalized spacial score (nSPS) is 42.3. The van der Waals surface area contributed by atoms with Crippen molar-refractivity contribution in [2.75, 3.05) is 13.6 Å². The topological polar surface area (TPSA) is 86.7 Å². The molecule has 0 aromatic carbocycles. The maximum Gasteiger partial charge on any atom is 0.326 e. The molecule has 4 bridgehead atoms. The van der Waals surface area contributed by atoms with E-state index in [1.807, 2.05) is 0 Å². The van der Waals surface area contributed by atoms with E-state index in [4.69, 9.17) is 0 Å². The van der Waals surface area contributed by atoms with Crippen molar-refractivity contribution in [3.05, 3.63) is 0 Å². The summed E-state index contributed by atoms with van der Waals surface area (Å²) in [6.07, 6.45) is 6.84. The molecular formula is C19H28N2O4. The predicted octanol–water partition coefficient (Wildman–Crippen LogP) is 1.64. The van der Waals surface area contributed by atoms with Crippen molar-refractivity contribution >= 4 is 17.8 Å². The summed E-state index contributed by atoms with van der Waals surface area (Å²) in [5.74, 6) is 0.439. The lowest BCUT2D eigenvalue weighted by atomic mass is 9.45. The van der Waals surface area contributed by atoms with Crippen LogP contribution in [0, 0.1) is 29.1 Å². The number of rotatable bonds is 3. The van der Waals surface area contributed by atoms with Gasteiger partial charge in [-0.2, -0.15) is 0 Å². The monoisotopic (exact) mass is 348 g/mol. The van der Waals surface area contributed by atoms with E-state index in [2.05, 4.69) is 5.32 Å². The summed E-state index contributed by atoms with van der Waals surface area (Å²) in [6.45, 7) is 0.566. The highest BCUT2D eigenvalue weighted by Gasteiger charge is 2.61. The van der Waals surface area contributed by atoms with Gasteiger partial charge in [0.2, 0.25) is 11.8 Å². The fourth-order valence-corrected chi connectivity index (χ4v) is 6.62. The summed E-state index contributed by atoms with van der Waals surface area (Å²) in [6, 6.07) is -0.663. The summed E-state index contributed by atoms with van der Waals surface area (Å²) in [7, 11) is 1.69. The Labute approximate surface area is 148 Å². The summed E-state index contributed by atoms with van der Waals surface area (Å²) in [5, 5.41) is 12.3. The lowest BCUT2D eigenvalue weighted by molar-refractivity contribution is -0.174. The van der Waals surface area contributed by atoms with Crippen molar-refractivity contribution in [3.8, 4) is 0 Å². The molecule has 4 aliphatic carbocycles. The molecule has 1 heterocycles. The van der Waals surface area contributed by atoms with Crippen LogP contribution < -0.4 is 5.32 Å². The molecule has 3 atom stereocenters. The average Bonchev–Trinajstić information content (AvgIpc) is 2.59. The van der Waals surface area contributed by atoms with E-state index in [0.717, 1.165) is 44.9 Å². The van der Waals surface area contributed by atoms with Gasteiger partial charge in [-0.1, -0.05) is 0 Å². The van der Waals surface area contributed by atoms with Gasteiger partial charge >= 0.3 is 5.97 Å². The highest BCUT2D eigenvalue weighted by Crippen LogP contribution is 2.63. The molecule has 2 N–H and O–H groups in total. The number of nitrogens with one attached hydrogen (secondary N) is 1. The van der Waals surface area contributed by atoms with Crippen LogP contribution in [0.1, 0.15) is 51.4 Å². The van der Waals surface area contributed by atoms with Crippen LogP contribution in [-0.4, -0.2) is 47.4 Å². The van der Waals surface area contributed by atoms with Gasteiger partial charge in [0.1, 0.15) is 6.04 Å². The number of carbonyl (C=O) groups is 3. The standard InChI is InChI=1S/C19H28N2O4/c1-20-16(22)15-12-6-11-7-13(15)10-19(8-11,9-12)18(25)21-5-3-2-4-14(21)17(23)24/h11-15H,2-10H2,1H3,(H,20,22)(H,23,24). The number of likely N-dealkylation sites (tertiary alicyclic amines) is 1. The highest BCUT2D eigenvalue weighted by atomic mass is 16.4. The van der Waals surface area contributed by atoms with Crippen LogP contribution in [0.25, 0.3) is 0 Å². The van der Waals surface area contributed by atoms with Crippen molar-refractivity contribution in [1.29, 1.82) is 0 Å². The van der Waals surface area contributed by atoms with Gasteiger partial charge in [0.15, 0.2) is 0 Å². The van der Waals surface area contributed by atoms with Gasteiger partial charge in [-0.3, -0.25) is 9.59 Å². The SMILES string of the molecule is CNC(=O)C1C2CC3CC1CC(C(=O)N1CCCCC1C(=O)O)(C3)C2. The first-order chi connectivity index (χ1) is 11.9. The number of piperidine rings is 1. The fraction of sp³-hybridized carbons (Fsp3) is 0.842. The lowest BCUT2D eigenvalue weighted by Gasteiger charge is -2.59. The number of hydrogen-bond acceptors (Lipinski definition) is 3. The molecular weight excluding hydrogens is 320 g/mol. The summed E-state index contributed by atoms with van der Waals surface area (Å²) in [4.78, 5) is 39.1. The van der Waals surface area contributed by atoms with Gasteiger partial charge in [0.25, 0.3) is 0 Å². The molecule has 1 saturated heterocycles. The minimum atomic E-state index is -0.874. The highest BCUT2D eigenvalue weighted by molar-refractivity contribution is 5.89. The third kappa shape index (κ3) is 2.56. The van der Waals surface area contributed by atoms with Crippen molar-refractivity contribution < 1.29 is 19.5 Å². The largest absolute Gasteiger partial charge is 0.480 e. The Morgan fingerprint density at radius 1 is 1.08 bits per heavy atom. The van der Waals surface area contributed by atoms with Gasteiger partial charge in [0, 0.05) is 19.5 Å². The number of amides is 2. The van der Waals surface area contributed by atoms with E-state index in [1.54, 1.807) is 11.9 Å². The van der Waals surface area contributed by atoms with Crippen molar-refractivity contribution in [2.24, 2.45) is 29.1 Å². The maximum atomic E-state index is 13.5. The van der Waals surface area contributed by atoms with Gasteiger partial charge in [-0.25, -0.2) is 4.79 Å². The first kappa shape index (κ1) is 16.9. The summed E-state index contributed by atoms with van der Waals surface area (Å²) >= 11 is 0. The Hall–Kier alpha value is -1.59. The molecule has 0 radical (unpaired) electrons. The Kier molecular flexibility index (Phi) is 4.04. The van der Waals surface area contributed by atoms with Gasteiger partial charge < -0.3 is 15.3 Å². The van der Waals surface area contributed by atoms with E-state index in [-0.39, 0.29) is 29.6 Å². The van der Waals surface area contributed by atoms with Crippen LogP contribution in [-0.2, 0) is 14.4 Å². The van der Waals surface area contributed by atoms with Crippen LogP contribution in [0.5, 0.6) is 0 Å². The van der Waals surface area contributed by atoms with Crippen molar-refractivity contribution in [1.82, 2.24) is 10.2 Å². The fourth-order valence-electron chi connectivity index (χ4n) is 6.62. The van der Waals surface area contributed by atoms with Crippen molar-refractivity contribution in [3.63, 3.8) is 0 Å². The smallest absolute Gasteiger partial charge is 0.326 e. The van der Waals surface area contributed by atoms with Crippen LogP contribution in [0.15, 0.2) is 0 Å². The number of aliphatic carboxylic acids is 1. The zero-order valence-corrected chi connectivity index (χ0v) is 14.9. The summed E-state index contributed by atoms with van der Waals surface area (Å²) < 4.78 is 0. The quantitative estimate of drug-likeness (QED) is 0.812. The molecule has 0 spiro atoms. The van der Waals surface area contributed by atoms with Crippen molar-refractivity contribution in [2.45, 2.75) is 57.4 Å². The first-order valence-corrected chi connectivity index (χ1v) is 9.70. The number of nitrogens with zero attached hydrogens (tertiary/aromatic N) is 1. The number of carboxylic acid groups (broad SMARTS) is 1. The second-order valence-corrected chi connectivity index (χ2v) is 8.74. The van der Waals surface area contributed by atoms with Gasteiger partial charge in [-0.15, -0.1) is 0 Å². The molecule has 2 amide bonds.